The summed E-state index contributed by atoms with van der Waals surface area (Å²) in [6.07, 6.45) is 1.62. The normalized spacial score (nSPS) is 17.0. The lowest BCUT2D eigenvalue weighted by atomic mass is 9.97. The highest BCUT2D eigenvalue weighted by molar-refractivity contribution is 7.15. The Morgan fingerprint density at radius 2 is 2.11 bits per heavy atom. The van der Waals surface area contributed by atoms with E-state index in [2.05, 4.69) is 21.7 Å². The fraction of sp³-hybridized carbons (Fsp3) is 0.400. The highest BCUT2D eigenvalue weighted by Gasteiger charge is 2.27. The van der Waals surface area contributed by atoms with E-state index in [1.807, 2.05) is 18.7 Å². The van der Waals surface area contributed by atoms with Gasteiger partial charge in [0.25, 0.3) is 0 Å². The van der Waals surface area contributed by atoms with Crippen molar-refractivity contribution in [3.63, 3.8) is 0 Å². The lowest BCUT2D eigenvalue weighted by Crippen LogP contribution is -2.44. The minimum absolute atomic E-state index is 0.112. The molecule has 3 rings (SSSR count). The molecule has 1 fully saturated rings. The van der Waals surface area contributed by atoms with Gasteiger partial charge in [-0.1, -0.05) is 12.1 Å². The third kappa shape index (κ3) is 4.94. The molecule has 0 bridgehead atoms. The number of nitrogens with one attached hydrogen (secondary N) is 2. The molecule has 0 saturated carbocycles. The maximum absolute atomic E-state index is 12.6. The molecule has 2 amide bonds. The molecule has 1 aromatic heterocycles. The lowest BCUT2D eigenvalue weighted by Gasteiger charge is -2.31. The molecule has 146 valence electrons. The molecule has 1 aromatic carbocycles. The van der Waals surface area contributed by atoms with Crippen LogP contribution in [-0.2, 0) is 9.59 Å². The largest absolute Gasteiger partial charge is 0.325 e. The number of likely N-dealkylation sites (tertiary alicyclic amines) is 1. The summed E-state index contributed by atoms with van der Waals surface area (Å²) in [5, 5.41) is 15.5. The molecule has 1 saturated heterocycles. The van der Waals surface area contributed by atoms with Crippen LogP contribution < -0.4 is 10.6 Å². The molecule has 2 N–H and O–H groups in total. The van der Waals surface area contributed by atoms with Gasteiger partial charge in [0.05, 0.1) is 29.4 Å². The zero-order valence-electron chi connectivity index (χ0n) is 16.0. The van der Waals surface area contributed by atoms with Crippen molar-refractivity contribution in [2.75, 3.05) is 30.3 Å². The van der Waals surface area contributed by atoms with Crippen LogP contribution in [0.25, 0.3) is 0 Å². The van der Waals surface area contributed by atoms with Crippen LogP contribution in [0.4, 0.5) is 10.8 Å². The van der Waals surface area contributed by atoms with Crippen LogP contribution in [0, 0.1) is 31.1 Å². The summed E-state index contributed by atoms with van der Waals surface area (Å²) in [5.74, 6) is -0.443. The van der Waals surface area contributed by atoms with Crippen molar-refractivity contribution in [3.05, 3.63) is 40.4 Å². The van der Waals surface area contributed by atoms with Crippen LogP contribution >= 0.6 is 11.3 Å². The van der Waals surface area contributed by atoms with Gasteiger partial charge in [0.1, 0.15) is 6.07 Å². The number of carbonyl (C=O) groups is 2. The average molecular weight is 398 g/mol. The van der Waals surface area contributed by atoms with Crippen molar-refractivity contribution < 1.29 is 9.59 Å². The number of para-hydroxylation sites is 1. The first kappa shape index (κ1) is 20.0. The molecule has 28 heavy (non-hydrogen) atoms. The Kier molecular flexibility index (Phi) is 6.39. The van der Waals surface area contributed by atoms with Gasteiger partial charge in [-0.15, -0.1) is 11.3 Å². The number of aromatic nitrogens is 1. The third-order valence-electron chi connectivity index (χ3n) is 4.82. The summed E-state index contributed by atoms with van der Waals surface area (Å²) in [6, 6.07) is 9.04. The zero-order chi connectivity index (χ0) is 20.1. The van der Waals surface area contributed by atoms with E-state index in [-0.39, 0.29) is 24.3 Å². The quantitative estimate of drug-likeness (QED) is 0.808. The smallest absolute Gasteiger partial charge is 0.240 e. The van der Waals surface area contributed by atoms with E-state index in [0.29, 0.717) is 22.9 Å². The van der Waals surface area contributed by atoms with Crippen LogP contribution in [0.15, 0.2) is 24.3 Å². The van der Waals surface area contributed by atoms with Crippen LogP contribution in [0.1, 0.15) is 29.0 Å². The maximum Gasteiger partial charge on any atom is 0.240 e. The number of carbonyl (C=O) groups excluding carboxylic acids is 2. The number of nitrogens with zero attached hydrogens (tertiary/aromatic N) is 3. The number of aryl methyl sites for hydroxylation is 2. The van der Waals surface area contributed by atoms with Crippen molar-refractivity contribution >= 4 is 34.0 Å². The second-order valence-electron chi connectivity index (χ2n) is 6.93. The lowest BCUT2D eigenvalue weighted by molar-refractivity contribution is -0.123. The van der Waals surface area contributed by atoms with Gasteiger partial charge in [0.2, 0.25) is 11.8 Å². The van der Waals surface area contributed by atoms with Crippen molar-refractivity contribution in [1.82, 2.24) is 9.88 Å². The van der Waals surface area contributed by atoms with E-state index in [9.17, 15) is 9.59 Å². The fourth-order valence-electron chi connectivity index (χ4n) is 3.23. The number of benzene rings is 1. The average Bonchev–Trinajstić information content (AvgIpc) is 2.99. The van der Waals surface area contributed by atoms with Crippen molar-refractivity contribution in [2.24, 2.45) is 5.92 Å². The van der Waals surface area contributed by atoms with Gasteiger partial charge >= 0.3 is 0 Å². The molecule has 0 radical (unpaired) electrons. The van der Waals surface area contributed by atoms with Crippen LogP contribution in [0.3, 0.4) is 0 Å². The van der Waals surface area contributed by atoms with E-state index >= 15 is 0 Å². The van der Waals surface area contributed by atoms with E-state index in [1.165, 1.54) is 11.3 Å². The minimum atomic E-state index is -0.211. The van der Waals surface area contributed by atoms with E-state index in [1.54, 1.807) is 24.3 Å². The first-order chi connectivity index (χ1) is 13.5. The summed E-state index contributed by atoms with van der Waals surface area (Å²) >= 11 is 1.46. The molecule has 1 aliphatic rings. The standard InChI is InChI=1S/C20H23N5O2S/c1-13-14(2)28-20(22-13)24-18(26)12-25-9-5-7-16(11-25)19(27)23-17-8-4-3-6-15(17)10-21/h3-4,6,8,16H,5,7,9,11-12H2,1-2H3,(H,23,27)(H,22,24,26). The maximum atomic E-state index is 12.6. The first-order valence-corrected chi connectivity index (χ1v) is 10.0. The minimum Gasteiger partial charge on any atom is -0.325 e. The molecule has 2 heterocycles. The summed E-state index contributed by atoms with van der Waals surface area (Å²) in [6.45, 7) is 5.42. The number of nitriles is 1. The van der Waals surface area contributed by atoms with Crippen molar-refractivity contribution in [2.45, 2.75) is 26.7 Å². The summed E-state index contributed by atoms with van der Waals surface area (Å²) in [4.78, 5) is 32.4. The first-order valence-electron chi connectivity index (χ1n) is 9.22. The number of piperidine rings is 1. The third-order valence-corrected chi connectivity index (χ3v) is 5.81. The second-order valence-corrected chi connectivity index (χ2v) is 8.13. The number of rotatable bonds is 5. The Morgan fingerprint density at radius 3 is 2.82 bits per heavy atom. The second kappa shape index (κ2) is 8.95. The van der Waals surface area contributed by atoms with Gasteiger partial charge in [-0.05, 0) is 45.4 Å². The molecular weight excluding hydrogens is 374 g/mol. The van der Waals surface area contributed by atoms with Gasteiger partial charge in [0.15, 0.2) is 5.13 Å². The molecular formula is C20H23N5O2S. The topological polar surface area (TPSA) is 98.1 Å². The Balaban J connectivity index is 1.55. The molecule has 0 aliphatic carbocycles. The molecule has 8 heteroatoms. The van der Waals surface area contributed by atoms with Gasteiger partial charge < -0.3 is 10.6 Å². The Labute approximate surface area is 168 Å². The van der Waals surface area contributed by atoms with Crippen LogP contribution in [0.2, 0.25) is 0 Å². The fourth-order valence-corrected chi connectivity index (χ4v) is 4.06. The van der Waals surface area contributed by atoms with Gasteiger partial charge in [-0.25, -0.2) is 4.98 Å². The van der Waals surface area contributed by atoms with Gasteiger partial charge in [0, 0.05) is 11.4 Å². The molecule has 1 atom stereocenters. The Morgan fingerprint density at radius 1 is 1.32 bits per heavy atom. The molecule has 1 unspecified atom stereocenters. The Bertz CT molecular complexity index is 898. The predicted octanol–water partition coefficient (Wildman–Crippen LogP) is 2.92. The van der Waals surface area contributed by atoms with Crippen molar-refractivity contribution in [3.8, 4) is 6.07 Å². The summed E-state index contributed by atoms with van der Waals surface area (Å²) < 4.78 is 0. The predicted molar refractivity (Wildman–Crippen MR) is 109 cm³/mol. The summed E-state index contributed by atoms with van der Waals surface area (Å²) in [7, 11) is 0. The highest BCUT2D eigenvalue weighted by Crippen LogP contribution is 2.22. The van der Waals surface area contributed by atoms with Crippen molar-refractivity contribution in [1.29, 1.82) is 5.26 Å². The molecule has 7 nitrogen and oxygen atoms in total. The van der Waals surface area contributed by atoms with E-state index < -0.39 is 0 Å². The number of hydrogen-bond acceptors (Lipinski definition) is 6. The molecule has 2 aromatic rings. The monoisotopic (exact) mass is 397 g/mol. The molecule has 0 spiro atoms. The number of amides is 2. The summed E-state index contributed by atoms with van der Waals surface area (Å²) in [5.41, 5.74) is 1.89. The zero-order valence-corrected chi connectivity index (χ0v) is 16.8. The number of hydrogen-bond donors (Lipinski definition) is 2. The van der Waals surface area contributed by atoms with E-state index in [4.69, 9.17) is 5.26 Å². The number of thiazole rings is 1. The van der Waals surface area contributed by atoms with Crippen LogP contribution in [0.5, 0.6) is 0 Å². The number of anilines is 2. The molecule has 1 aliphatic heterocycles. The van der Waals surface area contributed by atoms with E-state index in [0.717, 1.165) is 30.0 Å². The van der Waals surface area contributed by atoms with Crippen LogP contribution in [-0.4, -0.2) is 41.3 Å². The van der Waals surface area contributed by atoms with Gasteiger partial charge in [-0.3, -0.25) is 14.5 Å². The SMILES string of the molecule is Cc1nc(NC(=O)CN2CCCC(C(=O)Nc3ccccc3C#N)C2)sc1C. The Hall–Kier alpha value is -2.76. The highest BCUT2D eigenvalue weighted by atomic mass is 32.1. The van der Waals surface area contributed by atoms with Gasteiger partial charge in [-0.2, -0.15) is 5.26 Å².